The molecule has 1 aliphatic rings. The summed E-state index contributed by atoms with van der Waals surface area (Å²) >= 11 is 1.71. The Labute approximate surface area is 164 Å². The average Bonchev–Trinajstić information content (AvgIpc) is 3.28. The molecule has 0 bridgehead atoms. The fraction of sp³-hybridized carbons (Fsp3) is 0.450. The molecule has 0 radical (unpaired) electrons. The van der Waals surface area contributed by atoms with E-state index in [2.05, 4.69) is 59.5 Å². The van der Waals surface area contributed by atoms with Gasteiger partial charge in [-0.1, -0.05) is 48.5 Å². The molecule has 1 fully saturated rings. The van der Waals surface area contributed by atoms with E-state index in [0.29, 0.717) is 0 Å². The molecule has 3 heterocycles. The number of aromatic nitrogens is 5. The molecule has 0 unspecified atom stereocenters. The minimum absolute atomic E-state index is 0.792. The van der Waals surface area contributed by atoms with Gasteiger partial charge >= 0.3 is 0 Å². The molecular formula is C20H26N6S. The van der Waals surface area contributed by atoms with Gasteiger partial charge in [0.05, 0.1) is 18.8 Å². The number of likely N-dealkylation sites (tertiary alicyclic amines) is 1. The highest BCUT2D eigenvalue weighted by atomic mass is 32.2. The first-order valence-corrected chi connectivity index (χ1v) is 10.6. The zero-order valence-corrected chi connectivity index (χ0v) is 16.6. The molecule has 2 aromatic heterocycles. The number of aryl methyl sites for hydroxylation is 1. The van der Waals surface area contributed by atoms with E-state index in [4.69, 9.17) is 0 Å². The molecule has 0 saturated carbocycles. The number of benzene rings is 1. The lowest BCUT2D eigenvalue weighted by Gasteiger charge is -2.26. The van der Waals surface area contributed by atoms with Gasteiger partial charge in [-0.2, -0.15) is 0 Å². The van der Waals surface area contributed by atoms with Crippen molar-refractivity contribution in [3.05, 3.63) is 59.9 Å². The summed E-state index contributed by atoms with van der Waals surface area (Å²) in [7, 11) is 2.03. The fourth-order valence-electron chi connectivity index (χ4n) is 3.45. The summed E-state index contributed by atoms with van der Waals surface area (Å²) in [4.78, 5) is 6.92. The molecule has 1 saturated heterocycles. The van der Waals surface area contributed by atoms with Gasteiger partial charge in [0.1, 0.15) is 11.6 Å². The zero-order chi connectivity index (χ0) is 18.5. The molecule has 0 spiro atoms. The summed E-state index contributed by atoms with van der Waals surface area (Å²) in [6, 6.07) is 10.6. The highest BCUT2D eigenvalue weighted by Crippen LogP contribution is 2.23. The molecule has 1 aromatic carbocycles. The lowest BCUT2D eigenvalue weighted by molar-refractivity contribution is 0.213. The largest absolute Gasteiger partial charge is 0.337 e. The van der Waals surface area contributed by atoms with E-state index in [1.54, 1.807) is 11.8 Å². The Hall–Kier alpha value is -2.12. The number of rotatable bonds is 7. The van der Waals surface area contributed by atoms with Crippen LogP contribution in [0.4, 0.5) is 0 Å². The fourth-order valence-corrected chi connectivity index (χ4v) is 4.41. The predicted octanol–water partition coefficient (Wildman–Crippen LogP) is 3.34. The van der Waals surface area contributed by atoms with Crippen molar-refractivity contribution in [3.63, 3.8) is 0 Å². The van der Waals surface area contributed by atoms with Gasteiger partial charge in [-0.3, -0.25) is 4.90 Å². The van der Waals surface area contributed by atoms with Crippen molar-refractivity contribution in [2.75, 3.05) is 13.1 Å². The summed E-state index contributed by atoms with van der Waals surface area (Å²) in [6.07, 6.45) is 7.73. The molecular weight excluding hydrogens is 356 g/mol. The van der Waals surface area contributed by atoms with Gasteiger partial charge in [0.25, 0.3) is 0 Å². The lowest BCUT2D eigenvalue weighted by atomic mass is 10.1. The molecule has 3 aromatic rings. The van der Waals surface area contributed by atoms with Crippen LogP contribution in [0.5, 0.6) is 0 Å². The number of hydrogen-bond donors (Lipinski definition) is 0. The predicted molar refractivity (Wildman–Crippen MR) is 107 cm³/mol. The van der Waals surface area contributed by atoms with Crippen molar-refractivity contribution in [1.29, 1.82) is 0 Å². The molecule has 7 heteroatoms. The smallest absolute Gasteiger partial charge is 0.192 e. The standard InChI is InChI=1S/C20H26N6S/c1-24-13-10-21-19(24)16-27-20-23-22-18(15-25-11-6-3-7-12-25)26(20)14-17-8-4-2-5-9-17/h2,4-5,8-10,13H,3,6-7,11-12,14-16H2,1H3. The number of piperidine rings is 1. The molecule has 142 valence electrons. The Morgan fingerprint density at radius 2 is 1.78 bits per heavy atom. The SMILES string of the molecule is Cn1ccnc1CSc1nnc(CN2CCCCC2)n1Cc1ccccc1. The van der Waals surface area contributed by atoms with Crippen molar-refractivity contribution < 1.29 is 0 Å². The third-order valence-electron chi connectivity index (χ3n) is 5.04. The monoisotopic (exact) mass is 382 g/mol. The van der Waals surface area contributed by atoms with Gasteiger partial charge in [-0.25, -0.2) is 4.98 Å². The van der Waals surface area contributed by atoms with E-state index >= 15 is 0 Å². The second-order valence-electron chi connectivity index (χ2n) is 7.05. The van der Waals surface area contributed by atoms with E-state index in [1.165, 1.54) is 24.8 Å². The molecule has 0 amide bonds. The highest BCUT2D eigenvalue weighted by Gasteiger charge is 2.18. The molecule has 4 rings (SSSR count). The average molecular weight is 383 g/mol. The van der Waals surface area contributed by atoms with Crippen LogP contribution in [0.3, 0.4) is 0 Å². The summed E-state index contributed by atoms with van der Waals surface area (Å²) in [5.74, 6) is 2.90. The second kappa shape index (κ2) is 8.71. The van der Waals surface area contributed by atoms with Crippen LogP contribution < -0.4 is 0 Å². The van der Waals surface area contributed by atoms with Crippen molar-refractivity contribution in [2.24, 2.45) is 7.05 Å². The maximum absolute atomic E-state index is 4.55. The molecule has 1 aliphatic heterocycles. The van der Waals surface area contributed by atoms with E-state index in [1.807, 2.05) is 19.4 Å². The van der Waals surface area contributed by atoms with Crippen molar-refractivity contribution >= 4 is 11.8 Å². The molecule has 6 nitrogen and oxygen atoms in total. The molecule has 27 heavy (non-hydrogen) atoms. The third kappa shape index (κ3) is 4.59. The van der Waals surface area contributed by atoms with Crippen LogP contribution >= 0.6 is 11.8 Å². The molecule has 0 N–H and O–H groups in total. The van der Waals surface area contributed by atoms with Crippen LogP contribution in [-0.2, 0) is 25.9 Å². The topological polar surface area (TPSA) is 51.8 Å². The van der Waals surface area contributed by atoms with Gasteiger partial charge < -0.3 is 9.13 Å². The second-order valence-corrected chi connectivity index (χ2v) is 7.99. The number of thioether (sulfide) groups is 1. The Kier molecular flexibility index (Phi) is 5.89. The van der Waals surface area contributed by atoms with E-state index in [-0.39, 0.29) is 0 Å². The third-order valence-corrected chi connectivity index (χ3v) is 6.00. The highest BCUT2D eigenvalue weighted by molar-refractivity contribution is 7.98. The van der Waals surface area contributed by atoms with Crippen LogP contribution in [0.15, 0.2) is 47.9 Å². The lowest BCUT2D eigenvalue weighted by Crippen LogP contribution is -2.30. The van der Waals surface area contributed by atoms with Crippen molar-refractivity contribution in [3.8, 4) is 0 Å². The van der Waals surface area contributed by atoms with E-state index < -0.39 is 0 Å². The maximum atomic E-state index is 4.55. The van der Waals surface area contributed by atoms with E-state index in [0.717, 1.165) is 48.7 Å². The van der Waals surface area contributed by atoms with E-state index in [9.17, 15) is 0 Å². The van der Waals surface area contributed by atoms with Crippen molar-refractivity contribution in [1.82, 2.24) is 29.2 Å². The summed E-state index contributed by atoms with van der Waals surface area (Å²) in [5, 5.41) is 10.0. The van der Waals surface area contributed by atoms with Gasteiger partial charge in [-0.05, 0) is 31.5 Å². The van der Waals surface area contributed by atoms with Gasteiger partial charge in [0.2, 0.25) is 0 Å². The quantitative estimate of drug-likeness (QED) is 0.587. The van der Waals surface area contributed by atoms with Gasteiger partial charge in [0, 0.05) is 19.4 Å². The first-order chi connectivity index (χ1) is 13.3. The van der Waals surface area contributed by atoms with Crippen LogP contribution in [0.2, 0.25) is 0 Å². The molecule has 0 atom stereocenters. The number of imidazole rings is 1. The first-order valence-electron chi connectivity index (χ1n) is 9.57. The maximum Gasteiger partial charge on any atom is 0.192 e. The van der Waals surface area contributed by atoms with Crippen LogP contribution in [0, 0.1) is 0 Å². The summed E-state index contributed by atoms with van der Waals surface area (Å²) in [6.45, 7) is 4.00. The minimum atomic E-state index is 0.792. The van der Waals surface area contributed by atoms with Crippen LogP contribution in [0.25, 0.3) is 0 Å². The molecule has 0 aliphatic carbocycles. The van der Waals surface area contributed by atoms with Crippen LogP contribution in [-0.4, -0.2) is 42.3 Å². The normalized spacial score (nSPS) is 15.3. The Balaban J connectivity index is 1.54. The first kappa shape index (κ1) is 18.3. The summed E-state index contributed by atoms with van der Waals surface area (Å²) < 4.78 is 4.33. The van der Waals surface area contributed by atoms with Crippen molar-refractivity contribution in [2.45, 2.75) is 43.3 Å². The Bertz CT molecular complexity index is 850. The zero-order valence-electron chi connectivity index (χ0n) is 15.8. The Morgan fingerprint density at radius 1 is 0.963 bits per heavy atom. The van der Waals surface area contributed by atoms with Crippen LogP contribution in [0.1, 0.15) is 36.5 Å². The number of hydrogen-bond acceptors (Lipinski definition) is 5. The van der Waals surface area contributed by atoms with Gasteiger partial charge in [0.15, 0.2) is 5.16 Å². The minimum Gasteiger partial charge on any atom is -0.337 e. The summed E-state index contributed by atoms with van der Waals surface area (Å²) in [5.41, 5.74) is 1.27. The Morgan fingerprint density at radius 3 is 2.52 bits per heavy atom. The number of nitrogens with zero attached hydrogens (tertiary/aromatic N) is 6. The van der Waals surface area contributed by atoms with Gasteiger partial charge in [-0.15, -0.1) is 10.2 Å².